The third-order valence-corrected chi connectivity index (χ3v) is 2.88. The lowest BCUT2D eigenvalue weighted by Gasteiger charge is -2.07. The summed E-state index contributed by atoms with van der Waals surface area (Å²) in [5.74, 6) is -9.59. The van der Waals surface area contributed by atoms with Gasteiger partial charge in [-0.3, -0.25) is 0 Å². The molecule has 0 saturated heterocycles. The van der Waals surface area contributed by atoms with Crippen molar-refractivity contribution in [2.75, 3.05) is 6.54 Å². The Morgan fingerprint density at radius 2 is 1.47 bits per heavy atom. The second-order valence-corrected chi connectivity index (χ2v) is 4.63. The summed E-state index contributed by atoms with van der Waals surface area (Å²) in [5, 5.41) is 3.08. The Hall–Kier alpha value is -1.43. The minimum atomic E-state index is -2.14. The Morgan fingerprint density at radius 3 is 1.95 bits per heavy atom. The van der Waals surface area contributed by atoms with E-state index in [1.807, 2.05) is 0 Å². The van der Waals surface area contributed by atoms with Crippen LogP contribution in [0.3, 0.4) is 0 Å². The van der Waals surface area contributed by atoms with E-state index in [9.17, 15) is 22.0 Å². The van der Waals surface area contributed by atoms with Crippen LogP contribution >= 0.6 is 0 Å². The molecule has 0 heterocycles. The van der Waals surface area contributed by atoms with Crippen molar-refractivity contribution in [2.24, 2.45) is 0 Å². The maximum atomic E-state index is 13.4. The molecule has 1 nitrogen and oxygen atoms in total. The fourth-order valence-electron chi connectivity index (χ4n) is 1.64. The highest BCUT2D eigenvalue weighted by Gasteiger charge is 2.25. The monoisotopic (exact) mass is 277 g/mol. The Morgan fingerprint density at radius 1 is 1.00 bits per heavy atom. The van der Waals surface area contributed by atoms with Crippen LogP contribution in [0.1, 0.15) is 25.3 Å². The summed E-state index contributed by atoms with van der Waals surface area (Å²) in [6.07, 6.45) is 3.05. The number of hydrogen-bond acceptors (Lipinski definition) is 1. The fraction of sp³-hybridized carbons (Fsp3) is 0.385. The summed E-state index contributed by atoms with van der Waals surface area (Å²) >= 11 is 0. The average molecular weight is 277 g/mol. The van der Waals surface area contributed by atoms with Crippen LogP contribution in [0.15, 0.2) is 5.57 Å². The van der Waals surface area contributed by atoms with Gasteiger partial charge >= 0.3 is 0 Å². The van der Waals surface area contributed by atoms with Crippen LogP contribution < -0.4 is 5.32 Å². The maximum Gasteiger partial charge on any atom is 0.200 e. The lowest BCUT2D eigenvalue weighted by molar-refractivity contribution is 0.377. The van der Waals surface area contributed by atoms with Crippen molar-refractivity contribution < 1.29 is 22.0 Å². The topological polar surface area (TPSA) is 12.0 Å². The molecule has 0 amide bonds. The van der Waals surface area contributed by atoms with Gasteiger partial charge in [-0.1, -0.05) is 5.57 Å². The number of hydrogen-bond donors (Lipinski definition) is 1. The van der Waals surface area contributed by atoms with Crippen molar-refractivity contribution in [3.05, 3.63) is 40.2 Å². The molecule has 19 heavy (non-hydrogen) atoms. The highest BCUT2D eigenvalue weighted by molar-refractivity contribution is 5.54. The first-order valence-corrected chi connectivity index (χ1v) is 5.83. The second kappa shape index (κ2) is 5.28. The zero-order valence-electron chi connectivity index (χ0n) is 10.2. The summed E-state index contributed by atoms with van der Waals surface area (Å²) in [5.41, 5.74) is -0.401. The lowest BCUT2D eigenvalue weighted by atomic mass is 10.1. The van der Waals surface area contributed by atoms with E-state index in [1.54, 1.807) is 6.92 Å². The summed E-state index contributed by atoms with van der Waals surface area (Å²) in [6, 6.07) is 0.389. The fourth-order valence-corrected chi connectivity index (χ4v) is 1.64. The van der Waals surface area contributed by atoms with Crippen LogP contribution in [0.25, 0.3) is 6.08 Å². The third-order valence-electron chi connectivity index (χ3n) is 2.88. The van der Waals surface area contributed by atoms with E-state index in [-0.39, 0.29) is 0 Å². The molecule has 6 heteroatoms. The van der Waals surface area contributed by atoms with Gasteiger partial charge in [0, 0.05) is 12.6 Å². The summed E-state index contributed by atoms with van der Waals surface area (Å²) < 4.78 is 65.6. The van der Waals surface area contributed by atoms with E-state index in [0.717, 1.165) is 18.9 Å². The molecular weight excluding hydrogens is 265 g/mol. The molecular formula is C13H12F5N. The smallest absolute Gasteiger partial charge is 0.200 e. The largest absolute Gasteiger partial charge is 0.310 e. The molecule has 0 unspecified atom stereocenters. The first-order valence-electron chi connectivity index (χ1n) is 5.83. The lowest BCUT2D eigenvalue weighted by Crippen LogP contribution is -2.18. The van der Waals surface area contributed by atoms with Gasteiger partial charge < -0.3 is 5.32 Å². The minimum Gasteiger partial charge on any atom is -0.310 e. The molecule has 0 atom stereocenters. The van der Waals surface area contributed by atoms with Crippen molar-refractivity contribution in [1.82, 2.24) is 5.32 Å². The van der Waals surface area contributed by atoms with Crippen LogP contribution in [0.2, 0.25) is 0 Å². The quantitative estimate of drug-likeness (QED) is 0.504. The van der Waals surface area contributed by atoms with Crippen molar-refractivity contribution in [3.63, 3.8) is 0 Å². The predicted molar refractivity (Wildman–Crippen MR) is 60.9 cm³/mol. The van der Waals surface area contributed by atoms with Crippen LogP contribution in [-0.2, 0) is 0 Å². The van der Waals surface area contributed by atoms with Gasteiger partial charge in [0.15, 0.2) is 23.3 Å². The Kier molecular flexibility index (Phi) is 3.89. The SMILES string of the molecule is CC(=Cc1c(F)c(F)c(F)c(F)c1F)CNC1CC1. The van der Waals surface area contributed by atoms with Gasteiger partial charge in [0.25, 0.3) is 0 Å². The van der Waals surface area contributed by atoms with E-state index in [4.69, 9.17) is 0 Å². The number of rotatable bonds is 4. The first-order chi connectivity index (χ1) is 8.91. The molecule has 1 N–H and O–H groups in total. The van der Waals surface area contributed by atoms with E-state index >= 15 is 0 Å². The average Bonchev–Trinajstić information content (AvgIpc) is 3.21. The van der Waals surface area contributed by atoms with Crippen LogP contribution in [0.5, 0.6) is 0 Å². The molecule has 0 aromatic heterocycles. The van der Waals surface area contributed by atoms with Crippen LogP contribution in [0, 0.1) is 29.1 Å². The molecule has 0 bridgehead atoms. The zero-order valence-corrected chi connectivity index (χ0v) is 10.2. The highest BCUT2D eigenvalue weighted by atomic mass is 19.2. The van der Waals surface area contributed by atoms with E-state index < -0.39 is 34.6 Å². The molecule has 1 aliphatic rings. The van der Waals surface area contributed by atoms with Crippen molar-refractivity contribution in [3.8, 4) is 0 Å². The van der Waals surface area contributed by atoms with Crippen molar-refractivity contribution in [2.45, 2.75) is 25.8 Å². The van der Waals surface area contributed by atoms with Crippen molar-refractivity contribution >= 4 is 6.08 Å². The molecule has 2 rings (SSSR count). The van der Waals surface area contributed by atoms with Crippen LogP contribution in [-0.4, -0.2) is 12.6 Å². The molecule has 0 radical (unpaired) electrons. The van der Waals surface area contributed by atoms with Gasteiger partial charge in [-0.2, -0.15) is 0 Å². The molecule has 1 aromatic carbocycles. The molecule has 0 aliphatic heterocycles. The van der Waals surface area contributed by atoms with E-state index in [2.05, 4.69) is 5.32 Å². The van der Waals surface area contributed by atoms with E-state index in [1.165, 1.54) is 0 Å². The standard InChI is InChI=1S/C13H12F5N/c1-6(5-19-7-2-3-7)4-8-9(14)11(16)13(18)12(17)10(8)15/h4,7,19H,2-3,5H2,1H3. The number of nitrogens with one attached hydrogen (secondary N) is 1. The zero-order chi connectivity index (χ0) is 14.2. The third kappa shape index (κ3) is 2.94. The number of halogens is 5. The molecule has 1 aromatic rings. The van der Waals surface area contributed by atoms with Gasteiger partial charge in [-0.05, 0) is 25.8 Å². The molecule has 1 fully saturated rings. The first kappa shape index (κ1) is 14.0. The summed E-state index contributed by atoms with van der Waals surface area (Å²) in [6.45, 7) is 1.91. The van der Waals surface area contributed by atoms with Gasteiger partial charge in [-0.25, -0.2) is 22.0 Å². The predicted octanol–water partition coefficient (Wildman–Crippen LogP) is 3.54. The normalized spacial score (nSPS) is 16.0. The van der Waals surface area contributed by atoms with Crippen molar-refractivity contribution in [1.29, 1.82) is 0 Å². The Balaban J connectivity index is 2.30. The number of benzene rings is 1. The van der Waals surface area contributed by atoms with Gasteiger partial charge in [0.05, 0.1) is 5.56 Å². The Labute approximate surface area is 107 Å². The summed E-state index contributed by atoms with van der Waals surface area (Å²) in [4.78, 5) is 0. The Bertz CT molecular complexity index is 505. The molecule has 1 aliphatic carbocycles. The van der Waals surface area contributed by atoms with Crippen LogP contribution in [0.4, 0.5) is 22.0 Å². The highest BCUT2D eigenvalue weighted by Crippen LogP contribution is 2.25. The molecule has 1 saturated carbocycles. The van der Waals surface area contributed by atoms with Gasteiger partial charge in [0.2, 0.25) is 5.82 Å². The minimum absolute atomic E-state index is 0.351. The molecule has 0 spiro atoms. The van der Waals surface area contributed by atoms with E-state index in [0.29, 0.717) is 18.2 Å². The second-order valence-electron chi connectivity index (χ2n) is 4.63. The maximum absolute atomic E-state index is 13.4. The summed E-state index contributed by atoms with van der Waals surface area (Å²) in [7, 11) is 0. The van der Waals surface area contributed by atoms with Gasteiger partial charge in [-0.15, -0.1) is 0 Å². The van der Waals surface area contributed by atoms with Gasteiger partial charge in [0.1, 0.15) is 0 Å². The molecule has 104 valence electrons.